The second kappa shape index (κ2) is 9.50. The molecular formula is C30H33FN6O2. The summed E-state index contributed by atoms with van der Waals surface area (Å²) in [5, 5.41) is 19.3. The van der Waals surface area contributed by atoms with Crippen LogP contribution in [0.4, 0.5) is 4.39 Å². The minimum atomic E-state index is -2.59. The number of halogens is 1. The lowest BCUT2D eigenvalue weighted by atomic mass is 9.87. The first-order valence-corrected chi connectivity index (χ1v) is 13.1. The van der Waals surface area contributed by atoms with E-state index in [1.807, 2.05) is 25.1 Å². The van der Waals surface area contributed by atoms with E-state index in [1.165, 1.54) is 10.7 Å². The Morgan fingerprint density at radius 2 is 1.97 bits per heavy atom. The van der Waals surface area contributed by atoms with Gasteiger partial charge in [0.15, 0.2) is 0 Å². The third kappa shape index (κ3) is 4.30. The third-order valence-electron chi connectivity index (χ3n) is 7.84. The summed E-state index contributed by atoms with van der Waals surface area (Å²) in [6.45, 7) is 4.06. The molecule has 0 spiro atoms. The van der Waals surface area contributed by atoms with E-state index in [0.29, 0.717) is 35.2 Å². The Morgan fingerprint density at radius 1 is 1.18 bits per heavy atom. The number of pyridine rings is 2. The fraction of sp³-hybridized carbons (Fsp3) is 0.400. The van der Waals surface area contributed by atoms with Crippen molar-refractivity contribution >= 4 is 21.9 Å². The molecule has 5 heterocycles. The number of fused-ring (bicyclic) bond motifs is 3. The summed E-state index contributed by atoms with van der Waals surface area (Å²) in [6.07, 6.45) is 4.98. The molecule has 1 unspecified atom stereocenters. The minimum absolute atomic E-state index is 0.0800. The van der Waals surface area contributed by atoms with E-state index in [4.69, 9.17) is 18.8 Å². The number of ether oxygens (including phenoxy) is 1. The second-order valence-electron chi connectivity index (χ2n) is 10.9. The van der Waals surface area contributed by atoms with Crippen LogP contribution in [-0.2, 0) is 17.4 Å². The third-order valence-corrected chi connectivity index (χ3v) is 7.84. The van der Waals surface area contributed by atoms with E-state index in [1.54, 1.807) is 39.4 Å². The number of nitrogens with zero attached hydrogens (tertiary/aromatic N) is 6. The number of aryl methyl sites for hydroxylation is 3. The lowest BCUT2D eigenvalue weighted by Gasteiger charge is -2.33. The molecule has 4 aromatic heterocycles. The Bertz CT molecular complexity index is 1800. The Labute approximate surface area is 230 Å². The van der Waals surface area contributed by atoms with Crippen LogP contribution in [0.15, 0.2) is 42.7 Å². The average molecular weight is 532 g/mol. The van der Waals surface area contributed by atoms with Gasteiger partial charge in [0.25, 0.3) is 0 Å². The topological polar surface area (TPSA) is 90.9 Å². The fourth-order valence-corrected chi connectivity index (χ4v) is 5.80. The van der Waals surface area contributed by atoms with Gasteiger partial charge >= 0.3 is 0 Å². The predicted molar refractivity (Wildman–Crippen MR) is 148 cm³/mol. The molecule has 1 aliphatic heterocycles. The van der Waals surface area contributed by atoms with Gasteiger partial charge in [0.05, 0.1) is 45.3 Å². The number of aliphatic hydroxyl groups is 1. The van der Waals surface area contributed by atoms with Gasteiger partial charge < -0.3 is 14.4 Å². The number of benzene rings is 1. The Morgan fingerprint density at radius 3 is 2.69 bits per heavy atom. The average Bonchev–Trinajstić information content (AvgIpc) is 3.47. The molecule has 1 aliphatic rings. The van der Waals surface area contributed by atoms with E-state index in [9.17, 15) is 5.11 Å². The molecule has 0 saturated carbocycles. The summed E-state index contributed by atoms with van der Waals surface area (Å²) in [7, 11) is 1.55. The molecule has 8 nitrogen and oxygen atoms in total. The highest BCUT2D eigenvalue weighted by Gasteiger charge is 2.33. The summed E-state index contributed by atoms with van der Waals surface area (Å²) in [6, 6.07) is 8.65. The molecule has 0 amide bonds. The van der Waals surface area contributed by atoms with Crippen LogP contribution in [0.5, 0.6) is 0 Å². The van der Waals surface area contributed by atoms with Crippen LogP contribution >= 0.6 is 0 Å². The number of hydrogen-bond donors (Lipinski definition) is 1. The van der Waals surface area contributed by atoms with E-state index >= 15 is 4.39 Å². The molecule has 1 fully saturated rings. The van der Waals surface area contributed by atoms with Gasteiger partial charge in [-0.25, -0.2) is 9.07 Å². The van der Waals surface area contributed by atoms with Crippen LogP contribution in [0.2, 0.25) is 0 Å². The highest BCUT2D eigenvalue weighted by molar-refractivity contribution is 6.07. The first-order chi connectivity index (χ1) is 19.9. The maximum atomic E-state index is 16.0. The van der Waals surface area contributed by atoms with Gasteiger partial charge in [-0.05, 0) is 76.2 Å². The van der Waals surface area contributed by atoms with Crippen molar-refractivity contribution in [2.45, 2.75) is 52.1 Å². The van der Waals surface area contributed by atoms with Gasteiger partial charge in [-0.2, -0.15) is 0 Å². The molecule has 202 valence electrons. The zero-order chi connectivity index (χ0) is 30.0. The summed E-state index contributed by atoms with van der Waals surface area (Å²) in [5.74, 6) is -0.468. The molecule has 0 radical (unpaired) electrons. The SMILES string of the molecule is [2H]C([2H])([2H])c1nnn(C)c1-c1cc2c(cc1F)c1ncc(C(C)(C)O)cc1n2C(c1ncccc1C)C1CCOCC1. The molecule has 1 saturated heterocycles. The fourth-order valence-electron chi connectivity index (χ4n) is 5.80. The van der Waals surface area contributed by atoms with Crippen molar-refractivity contribution in [3.63, 3.8) is 0 Å². The van der Waals surface area contributed by atoms with Crippen molar-refractivity contribution in [1.82, 2.24) is 29.5 Å². The summed E-state index contributed by atoms with van der Waals surface area (Å²) < 4.78 is 49.2. The largest absolute Gasteiger partial charge is 0.386 e. The highest BCUT2D eigenvalue weighted by Crippen LogP contribution is 2.43. The first-order valence-electron chi connectivity index (χ1n) is 14.6. The Balaban J connectivity index is 1.74. The molecule has 0 aliphatic carbocycles. The van der Waals surface area contributed by atoms with Crippen molar-refractivity contribution in [3.8, 4) is 11.3 Å². The lowest BCUT2D eigenvalue weighted by molar-refractivity contribution is 0.0547. The summed E-state index contributed by atoms with van der Waals surface area (Å²) in [5.41, 5.74) is 3.22. The van der Waals surface area contributed by atoms with E-state index < -0.39 is 18.3 Å². The monoisotopic (exact) mass is 531 g/mol. The van der Waals surface area contributed by atoms with Gasteiger partial charge in [0.1, 0.15) is 5.82 Å². The summed E-state index contributed by atoms with van der Waals surface area (Å²) in [4.78, 5) is 9.58. The van der Waals surface area contributed by atoms with Crippen LogP contribution in [0.3, 0.4) is 0 Å². The molecule has 1 N–H and O–H groups in total. The smallest absolute Gasteiger partial charge is 0.133 e. The quantitative estimate of drug-likeness (QED) is 0.328. The number of rotatable bonds is 5. The normalized spacial score (nSPS) is 17.3. The van der Waals surface area contributed by atoms with E-state index in [-0.39, 0.29) is 28.9 Å². The minimum Gasteiger partial charge on any atom is -0.386 e. The van der Waals surface area contributed by atoms with Gasteiger partial charge in [-0.15, -0.1) is 5.10 Å². The maximum Gasteiger partial charge on any atom is 0.133 e. The van der Waals surface area contributed by atoms with E-state index in [2.05, 4.69) is 14.9 Å². The van der Waals surface area contributed by atoms with Crippen molar-refractivity contribution in [2.24, 2.45) is 13.0 Å². The Kier molecular flexibility index (Phi) is 5.40. The molecule has 6 rings (SSSR count). The van der Waals surface area contributed by atoms with Crippen LogP contribution in [0.1, 0.15) is 59.4 Å². The highest BCUT2D eigenvalue weighted by atomic mass is 19.1. The van der Waals surface area contributed by atoms with Crippen molar-refractivity contribution < 1.29 is 18.3 Å². The van der Waals surface area contributed by atoms with Gasteiger partial charge in [0, 0.05) is 53.3 Å². The van der Waals surface area contributed by atoms with Gasteiger partial charge in [-0.1, -0.05) is 11.3 Å². The van der Waals surface area contributed by atoms with Crippen molar-refractivity contribution in [2.75, 3.05) is 13.2 Å². The molecule has 39 heavy (non-hydrogen) atoms. The maximum absolute atomic E-state index is 16.0. The second-order valence-corrected chi connectivity index (χ2v) is 10.9. The van der Waals surface area contributed by atoms with Crippen LogP contribution in [0, 0.1) is 25.5 Å². The Hall–Kier alpha value is -3.69. The number of aromatic nitrogens is 6. The van der Waals surface area contributed by atoms with Crippen LogP contribution in [-0.4, -0.2) is 47.8 Å². The van der Waals surface area contributed by atoms with Crippen molar-refractivity contribution in [1.29, 1.82) is 0 Å². The molecule has 5 aromatic rings. The predicted octanol–water partition coefficient (Wildman–Crippen LogP) is 5.38. The molecular weight excluding hydrogens is 495 g/mol. The van der Waals surface area contributed by atoms with Crippen LogP contribution in [0.25, 0.3) is 33.2 Å². The van der Waals surface area contributed by atoms with Crippen LogP contribution < -0.4 is 0 Å². The molecule has 1 aromatic carbocycles. The molecule has 1 atom stereocenters. The zero-order valence-electron chi connectivity index (χ0n) is 25.4. The van der Waals surface area contributed by atoms with E-state index in [0.717, 1.165) is 29.6 Å². The molecule has 9 heteroatoms. The summed E-state index contributed by atoms with van der Waals surface area (Å²) >= 11 is 0. The lowest BCUT2D eigenvalue weighted by Crippen LogP contribution is -2.28. The number of hydrogen-bond acceptors (Lipinski definition) is 6. The van der Waals surface area contributed by atoms with Crippen molar-refractivity contribution in [3.05, 3.63) is 71.1 Å². The zero-order valence-corrected chi connectivity index (χ0v) is 22.4. The van der Waals surface area contributed by atoms with Gasteiger partial charge in [-0.3, -0.25) is 9.97 Å². The first kappa shape index (κ1) is 22.2. The standard InChI is InChI=1S/C30H33FN6O2/c1-17-7-6-10-32-26(17)29(19-8-11-39-12-9-19)37-24-15-21(28-18(2)34-35-36(28)5)23(31)14-22(24)27-25(37)13-20(16-33-27)30(3,4)38/h6-7,10,13-16,19,29,38H,8-9,11-12H2,1-5H3/i2D3. The van der Waals surface area contributed by atoms with Gasteiger partial charge in [0.2, 0.25) is 0 Å². The molecule has 0 bridgehead atoms.